The molecule has 0 radical (unpaired) electrons. The van der Waals surface area contributed by atoms with E-state index in [-0.39, 0.29) is 5.91 Å². The summed E-state index contributed by atoms with van der Waals surface area (Å²) in [5, 5.41) is 2.74. The van der Waals surface area contributed by atoms with Gasteiger partial charge in [0, 0.05) is 13.0 Å². The minimum atomic E-state index is -0.916. The molecule has 0 aromatic carbocycles. The van der Waals surface area contributed by atoms with Crippen molar-refractivity contribution in [2.75, 3.05) is 19.7 Å². The predicted molar refractivity (Wildman–Crippen MR) is 92.1 cm³/mol. The van der Waals surface area contributed by atoms with Crippen molar-refractivity contribution in [2.24, 2.45) is 5.92 Å². The zero-order valence-corrected chi connectivity index (χ0v) is 15.5. The lowest BCUT2D eigenvalue weighted by molar-refractivity contribution is -0.155. The van der Waals surface area contributed by atoms with Gasteiger partial charge in [-0.2, -0.15) is 0 Å². The molecule has 2 heterocycles. The Morgan fingerprint density at radius 3 is 2.52 bits per heavy atom. The molecule has 0 bridgehead atoms. The van der Waals surface area contributed by atoms with Gasteiger partial charge in [0.15, 0.2) is 6.61 Å². The summed E-state index contributed by atoms with van der Waals surface area (Å²) in [7, 11) is 0. The fraction of sp³-hybridized carbons (Fsp3) is 0.722. The van der Waals surface area contributed by atoms with E-state index in [1.807, 2.05) is 0 Å². The SMILES string of the molecule is CCC1CCC2(CC1)NC(=O)N(CC(=O)OCC(=O)N1CCCC1=O)C2=O. The van der Waals surface area contributed by atoms with Crippen LogP contribution in [-0.4, -0.2) is 64.8 Å². The number of carbonyl (C=O) groups is 5. The molecule has 2 saturated heterocycles. The molecule has 9 nitrogen and oxygen atoms in total. The van der Waals surface area contributed by atoms with Gasteiger partial charge in [-0.15, -0.1) is 0 Å². The second kappa shape index (κ2) is 7.66. The number of rotatable bonds is 5. The van der Waals surface area contributed by atoms with E-state index in [0.717, 1.165) is 29.1 Å². The number of esters is 1. The summed E-state index contributed by atoms with van der Waals surface area (Å²) < 4.78 is 4.88. The second-order valence-corrected chi connectivity index (χ2v) is 7.46. The van der Waals surface area contributed by atoms with Gasteiger partial charge in [-0.1, -0.05) is 13.3 Å². The topological polar surface area (TPSA) is 113 Å². The minimum Gasteiger partial charge on any atom is -0.454 e. The standard InChI is InChI=1S/C18H25N3O6/c1-2-12-5-7-18(8-6-12)16(25)21(17(26)19-18)10-15(24)27-11-14(23)20-9-3-4-13(20)22/h12H,2-11H2,1H3,(H,19,26). The number of carbonyl (C=O) groups excluding carboxylic acids is 5. The molecule has 0 aromatic heterocycles. The number of nitrogens with one attached hydrogen (secondary N) is 1. The van der Waals surface area contributed by atoms with Crippen LogP contribution in [0.1, 0.15) is 51.9 Å². The third-order valence-electron chi connectivity index (χ3n) is 5.80. The first-order valence-electron chi connectivity index (χ1n) is 9.49. The Hall–Kier alpha value is -2.45. The predicted octanol–water partition coefficient (Wildman–Crippen LogP) is 0.569. The van der Waals surface area contributed by atoms with Crippen LogP contribution in [-0.2, 0) is 23.9 Å². The van der Waals surface area contributed by atoms with Crippen LogP contribution in [0.2, 0.25) is 0 Å². The molecule has 3 fully saturated rings. The van der Waals surface area contributed by atoms with Gasteiger partial charge >= 0.3 is 12.0 Å². The summed E-state index contributed by atoms with van der Waals surface area (Å²) in [5.41, 5.74) is -0.916. The second-order valence-electron chi connectivity index (χ2n) is 7.46. The van der Waals surface area contributed by atoms with Crippen molar-refractivity contribution in [2.45, 2.75) is 57.4 Å². The Bertz CT molecular complexity index is 668. The highest BCUT2D eigenvalue weighted by molar-refractivity contribution is 6.08. The van der Waals surface area contributed by atoms with Crippen LogP contribution >= 0.6 is 0 Å². The van der Waals surface area contributed by atoms with E-state index in [1.54, 1.807) is 0 Å². The largest absolute Gasteiger partial charge is 0.454 e. The summed E-state index contributed by atoms with van der Waals surface area (Å²) in [6, 6.07) is -0.604. The first-order chi connectivity index (χ1) is 12.9. The van der Waals surface area contributed by atoms with E-state index < -0.39 is 42.5 Å². The highest BCUT2D eigenvalue weighted by atomic mass is 16.5. The van der Waals surface area contributed by atoms with E-state index in [4.69, 9.17) is 4.74 Å². The van der Waals surface area contributed by atoms with E-state index in [9.17, 15) is 24.0 Å². The summed E-state index contributed by atoms with van der Waals surface area (Å²) >= 11 is 0. The molecule has 3 aliphatic rings. The lowest BCUT2D eigenvalue weighted by Crippen LogP contribution is -2.49. The van der Waals surface area contributed by atoms with Gasteiger partial charge in [-0.3, -0.25) is 29.0 Å². The molecule has 0 atom stereocenters. The normalized spacial score (nSPS) is 28.0. The Morgan fingerprint density at radius 1 is 1.22 bits per heavy atom. The Morgan fingerprint density at radius 2 is 1.93 bits per heavy atom. The van der Waals surface area contributed by atoms with E-state index >= 15 is 0 Å². The van der Waals surface area contributed by atoms with Crippen molar-refractivity contribution < 1.29 is 28.7 Å². The molecule has 1 spiro atoms. The van der Waals surface area contributed by atoms with Gasteiger partial charge in [0.25, 0.3) is 11.8 Å². The molecule has 27 heavy (non-hydrogen) atoms. The lowest BCUT2D eigenvalue weighted by Gasteiger charge is -2.34. The van der Waals surface area contributed by atoms with E-state index in [2.05, 4.69) is 12.2 Å². The highest BCUT2D eigenvalue weighted by Gasteiger charge is 2.52. The van der Waals surface area contributed by atoms with Crippen LogP contribution in [0.4, 0.5) is 4.79 Å². The van der Waals surface area contributed by atoms with Gasteiger partial charge < -0.3 is 10.1 Å². The molecular formula is C18H25N3O6. The van der Waals surface area contributed by atoms with Gasteiger partial charge in [-0.25, -0.2) is 4.79 Å². The molecule has 0 aromatic rings. The van der Waals surface area contributed by atoms with Crippen molar-refractivity contribution in [1.82, 2.24) is 15.1 Å². The molecule has 3 rings (SSSR count). The molecule has 1 saturated carbocycles. The molecular weight excluding hydrogens is 354 g/mol. The number of imide groups is 2. The molecule has 148 valence electrons. The van der Waals surface area contributed by atoms with E-state index in [1.165, 1.54) is 0 Å². The van der Waals surface area contributed by atoms with Crippen LogP contribution in [0.3, 0.4) is 0 Å². The maximum atomic E-state index is 12.7. The molecule has 1 N–H and O–H groups in total. The summed E-state index contributed by atoms with van der Waals surface area (Å²) in [4.78, 5) is 62.3. The number of hydrogen-bond donors (Lipinski definition) is 1. The number of hydrogen-bond acceptors (Lipinski definition) is 6. The molecule has 2 aliphatic heterocycles. The number of ether oxygens (including phenoxy) is 1. The minimum absolute atomic E-state index is 0.283. The average molecular weight is 379 g/mol. The van der Waals surface area contributed by atoms with Crippen molar-refractivity contribution in [3.05, 3.63) is 0 Å². The smallest absolute Gasteiger partial charge is 0.326 e. The maximum absolute atomic E-state index is 12.7. The molecule has 1 aliphatic carbocycles. The van der Waals surface area contributed by atoms with Crippen LogP contribution < -0.4 is 5.32 Å². The van der Waals surface area contributed by atoms with Crippen LogP contribution in [0.25, 0.3) is 0 Å². The molecule has 5 amide bonds. The van der Waals surface area contributed by atoms with Crippen LogP contribution in [0, 0.1) is 5.92 Å². The van der Waals surface area contributed by atoms with Gasteiger partial charge in [-0.05, 0) is 38.0 Å². The van der Waals surface area contributed by atoms with Crippen molar-refractivity contribution >= 4 is 29.7 Å². The van der Waals surface area contributed by atoms with Gasteiger partial charge in [0.2, 0.25) is 5.91 Å². The number of urea groups is 1. The third-order valence-corrected chi connectivity index (χ3v) is 5.80. The number of likely N-dealkylation sites (tertiary alicyclic amines) is 1. The summed E-state index contributed by atoms with van der Waals surface area (Å²) in [6.07, 6.45) is 4.81. The fourth-order valence-corrected chi connectivity index (χ4v) is 4.04. The Labute approximate surface area is 157 Å². The highest BCUT2D eigenvalue weighted by Crippen LogP contribution is 2.37. The van der Waals surface area contributed by atoms with Gasteiger partial charge in [0.05, 0.1) is 0 Å². The van der Waals surface area contributed by atoms with Crippen molar-refractivity contribution in [1.29, 1.82) is 0 Å². The van der Waals surface area contributed by atoms with Crippen molar-refractivity contribution in [3.63, 3.8) is 0 Å². The van der Waals surface area contributed by atoms with Crippen LogP contribution in [0.15, 0.2) is 0 Å². The first-order valence-corrected chi connectivity index (χ1v) is 9.49. The van der Waals surface area contributed by atoms with E-state index in [0.29, 0.717) is 38.1 Å². The summed E-state index contributed by atoms with van der Waals surface area (Å²) in [6.45, 7) is 1.32. The zero-order chi connectivity index (χ0) is 19.6. The van der Waals surface area contributed by atoms with Crippen LogP contribution in [0.5, 0.6) is 0 Å². The van der Waals surface area contributed by atoms with Gasteiger partial charge in [0.1, 0.15) is 12.1 Å². The maximum Gasteiger partial charge on any atom is 0.326 e. The zero-order valence-electron chi connectivity index (χ0n) is 15.5. The summed E-state index contributed by atoms with van der Waals surface area (Å²) in [5.74, 6) is -1.57. The van der Waals surface area contributed by atoms with Crippen molar-refractivity contribution in [3.8, 4) is 0 Å². The Kier molecular flexibility index (Phi) is 5.48. The number of nitrogens with zero attached hydrogens (tertiary/aromatic N) is 2. The fourth-order valence-electron chi connectivity index (χ4n) is 4.04. The third kappa shape index (κ3) is 3.81. The molecule has 0 unspecified atom stereocenters. The lowest BCUT2D eigenvalue weighted by atomic mass is 9.75. The quantitative estimate of drug-likeness (QED) is 0.552. The monoisotopic (exact) mass is 379 g/mol. The Balaban J connectivity index is 1.52. The average Bonchev–Trinajstić information content (AvgIpc) is 3.18. The number of amides is 5. The molecule has 9 heteroatoms. The first kappa shape index (κ1) is 19.3.